The lowest BCUT2D eigenvalue weighted by Crippen LogP contribution is -2.19. The number of methoxy groups -OCH3 is 2. The Balaban J connectivity index is 1.94. The number of Topliss-reactive ketones (excluding diaryl/α,β-unsaturated/α-hetero) is 1. The molecule has 1 aliphatic carbocycles. The molecule has 1 fully saturated rings. The standard InChI is InChI=1S/C24H24Br2O3/c1-4-15-9-18(11-16-5-7-22(28-2)20(25)13-16)24(27)19(10-15)12-17-6-8-23(29-3)21(26)14-17/h5-8,11-15H,4,9-10H2,1-3H3/b18-11-,19-12+. The van der Waals surface area contributed by atoms with Crippen molar-refractivity contribution in [2.24, 2.45) is 5.92 Å². The van der Waals surface area contributed by atoms with Crippen molar-refractivity contribution in [3.8, 4) is 11.5 Å². The summed E-state index contributed by atoms with van der Waals surface area (Å²) in [6, 6.07) is 11.7. The highest BCUT2D eigenvalue weighted by molar-refractivity contribution is 9.10. The molecule has 0 spiro atoms. The Hall–Kier alpha value is -1.85. The Kier molecular flexibility index (Phi) is 7.36. The van der Waals surface area contributed by atoms with Gasteiger partial charge in [-0.1, -0.05) is 25.5 Å². The highest BCUT2D eigenvalue weighted by Gasteiger charge is 2.27. The van der Waals surface area contributed by atoms with Gasteiger partial charge in [-0.25, -0.2) is 0 Å². The lowest BCUT2D eigenvalue weighted by atomic mass is 9.78. The quantitative estimate of drug-likeness (QED) is 0.396. The van der Waals surface area contributed by atoms with E-state index in [4.69, 9.17) is 9.47 Å². The predicted molar refractivity (Wildman–Crippen MR) is 125 cm³/mol. The van der Waals surface area contributed by atoms with Gasteiger partial charge in [0.1, 0.15) is 11.5 Å². The lowest BCUT2D eigenvalue weighted by Gasteiger charge is -2.25. The van der Waals surface area contributed by atoms with Crippen LogP contribution < -0.4 is 9.47 Å². The van der Waals surface area contributed by atoms with E-state index in [1.165, 1.54) is 0 Å². The maximum atomic E-state index is 13.2. The van der Waals surface area contributed by atoms with Crippen LogP contribution in [0.1, 0.15) is 37.3 Å². The van der Waals surface area contributed by atoms with Crippen LogP contribution in [0.15, 0.2) is 56.5 Å². The van der Waals surface area contributed by atoms with Crippen molar-refractivity contribution in [2.45, 2.75) is 26.2 Å². The van der Waals surface area contributed by atoms with Gasteiger partial charge in [-0.15, -0.1) is 0 Å². The number of halogens is 2. The molecule has 3 nitrogen and oxygen atoms in total. The van der Waals surface area contributed by atoms with Crippen LogP contribution in [-0.2, 0) is 4.79 Å². The minimum absolute atomic E-state index is 0.133. The highest BCUT2D eigenvalue weighted by atomic mass is 79.9. The van der Waals surface area contributed by atoms with Gasteiger partial charge in [0.2, 0.25) is 0 Å². The van der Waals surface area contributed by atoms with Crippen molar-refractivity contribution in [3.05, 3.63) is 67.6 Å². The Morgan fingerprint density at radius 3 is 1.69 bits per heavy atom. The molecular formula is C24H24Br2O3. The van der Waals surface area contributed by atoms with E-state index in [0.717, 1.165) is 62.0 Å². The maximum absolute atomic E-state index is 13.2. The van der Waals surface area contributed by atoms with Gasteiger partial charge in [-0.3, -0.25) is 4.79 Å². The molecule has 152 valence electrons. The number of ketones is 1. The third kappa shape index (κ3) is 5.20. The van der Waals surface area contributed by atoms with Gasteiger partial charge in [0, 0.05) is 11.1 Å². The second-order valence-corrected chi connectivity index (χ2v) is 8.85. The van der Waals surface area contributed by atoms with Crippen molar-refractivity contribution in [2.75, 3.05) is 14.2 Å². The van der Waals surface area contributed by atoms with Crippen LogP contribution in [0.25, 0.3) is 12.2 Å². The molecule has 0 aliphatic heterocycles. The summed E-state index contributed by atoms with van der Waals surface area (Å²) in [4.78, 5) is 13.2. The van der Waals surface area contributed by atoms with Gasteiger partial charge in [0.25, 0.3) is 0 Å². The summed E-state index contributed by atoms with van der Waals surface area (Å²) in [7, 11) is 3.28. The summed E-state index contributed by atoms with van der Waals surface area (Å²) < 4.78 is 12.4. The molecule has 1 saturated carbocycles. The first-order valence-corrected chi connectivity index (χ1v) is 11.2. The number of carbonyl (C=O) groups excluding carboxylic acids is 1. The van der Waals surface area contributed by atoms with Crippen molar-refractivity contribution in [1.29, 1.82) is 0 Å². The summed E-state index contributed by atoms with van der Waals surface area (Å²) in [5, 5.41) is 0. The molecule has 0 aromatic heterocycles. The minimum Gasteiger partial charge on any atom is -0.496 e. The maximum Gasteiger partial charge on any atom is 0.185 e. The fourth-order valence-corrected chi connectivity index (χ4v) is 4.69. The van der Waals surface area contributed by atoms with Crippen molar-refractivity contribution >= 4 is 49.8 Å². The average Bonchev–Trinajstić information content (AvgIpc) is 2.71. The zero-order chi connectivity index (χ0) is 21.0. The molecule has 0 amide bonds. The van der Waals surface area contributed by atoms with E-state index in [-0.39, 0.29) is 5.78 Å². The molecule has 1 unspecified atom stereocenters. The third-order valence-electron chi connectivity index (χ3n) is 5.21. The first kappa shape index (κ1) is 21.8. The Bertz CT molecular complexity index is 901. The number of hydrogen-bond acceptors (Lipinski definition) is 3. The van der Waals surface area contributed by atoms with E-state index >= 15 is 0 Å². The lowest BCUT2D eigenvalue weighted by molar-refractivity contribution is -0.113. The third-order valence-corrected chi connectivity index (χ3v) is 6.45. The van der Waals surface area contributed by atoms with Crippen LogP contribution >= 0.6 is 31.9 Å². The monoisotopic (exact) mass is 518 g/mol. The minimum atomic E-state index is 0.133. The van der Waals surface area contributed by atoms with E-state index in [2.05, 4.69) is 38.8 Å². The topological polar surface area (TPSA) is 35.5 Å². The summed E-state index contributed by atoms with van der Waals surface area (Å²) in [6.07, 6.45) is 6.67. The molecule has 0 radical (unpaired) electrons. The Morgan fingerprint density at radius 2 is 1.34 bits per heavy atom. The van der Waals surface area contributed by atoms with E-state index in [1.54, 1.807) is 14.2 Å². The van der Waals surface area contributed by atoms with Gasteiger partial charge in [0.05, 0.1) is 23.2 Å². The molecule has 0 heterocycles. The first-order valence-electron chi connectivity index (χ1n) is 9.58. The number of rotatable bonds is 5. The van der Waals surface area contributed by atoms with E-state index < -0.39 is 0 Å². The van der Waals surface area contributed by atoms with Crippen LogP contribution in [0, 0.1) is 5.92 Å². The van der Waals surface area contributed by atoms with Crippen LogP contribution in [0.5, 0.6) is 11.5 Å². The number of benzene rings is 2. The largest absolute Gasteiger partial charge is 0.496 e. The number of allylic oxidation sites excluding steroid dienone is 2. The first-order chi connectivity index (χ1) is 13.9. The smallest absolute Gasteiger partial charge is 0.185 e. The van der Waals surface area contributed by atoms with Crippen LogP contribution in [0.4, 0.5) is 0 Å². The number of hydrogen-bond donors (Lipinski definition) is 0. The average molecular weight is 520 g/mol. The fraction of sp³-hybridized carbons (Fsp3) is 0.292. The van der Waals surface area contributed by atoms with Crippen molar-refractivity contribution in [1.82, 2.24) is 0 Å². The summed E-state index contributed by atoms with van der Waals surface area (Å²) in [5.41, 5.74) is 3.70. The Morgan fingerprint density at radius 1 is 0.897 bits per heavy atom. The van der Waals surface area contributed by atoms with Crippen molar-refractivity contribution in [3.63, 3.8) is 0 Å². The molecule has 5 heteroatoms. The summed E-state index contributed by atoms with van der Waals surface area (Å²) >= 11 is 7.04. The highest BCUT2D eigenvalue weighted by Crippen LogP contribution is 2.35. The zero-order valence-corrected chi connectivity index (χ0v) is 20.0. The molecule has 3 rings (SSSR count). The second-order valence-electron chi connectivity index (χ2n) is 7.14. The molecule has 1 aliphatic rings. The fourth-order valence-electron chi connectivity index (χ4n) is 3.57. The van der Waals surface area contributed by atoms with Crippen LogP contribution in [-0.4, -0.2) is 20.0 Å². The van der Waals surface area contributed by atoms with Crippen molar-refractivity contribution < 1.29 is 14.3 Å². The van der Waals surface area contributed by atoms with Gasteiger partial charge < -0.3 is 9.47 Å². The van der Waals surface area contributed by atoms with Crippen LogP contribution in [0.2, 0.25) is 0 Å². The molecule has 29 heavy (non-hydrogen) atoms. The second kappa shape index (κ2) is 9.77. The van der Waals surface area contributed by atoms with Gasteiger partial charge in [0.15, 0.2) is 5.78 Å². The van der Waals surface area contributed by atoms with E-state index in [0.29, 0.717) is 5.92 Å². The van der Waals surface area contributed by atoms with Crippen LogP contribution in [0.3, 0.4) is 0 Å². The van der Waals surface area contributed by atoms with E-state index in [9.17, 15) is 4.79 Å². The summed E-state index contributed by atoms with van der Waals surface area (Å²) in [6.45, 7) is 2.18. The molecular weight excluding hydrogens is 496 g/mol. The molecule has 1 atom stereocenters. The van der Waals surface area contributed by atoms with Gasteiger partial charge in [-0.05, 0) is 98.2 Å². The molecule has 2 aromatic rings. The van der Waals surface area contributed by atoms with Gasteiger partial charge >= 0.3 is 0 Å². The number of ether oxygens (including phenoxy) is 2. The SMILES string of the molecule is CCC1C/C(=C/c2ccc(OC)c(Br)c2)C(=O)/C(=C/c2ccc(OC)c(Br)c2)C1. The predicted octanol–water partition coefficient (Wildman–Crippen LogP) is 7.08. The van der Waals surface area contributed by atoms with E-state index in [1.807, 2.05) is 48.6 Å². The summed E-state index contributed by atoms with van der Waals surface area (Å²) in [5.74, 6) is 2.15. The molecule has 0 N–H and O–H groups in total. The molecule has 2 aromatic carbocycles. The van der Waals surface area contributed by atoms with Gasteiger partial charge in [-0.2, -0.15) is 0 Å². The number of carbonyl (C=O) groups is 1. The normalized spacial score (nSPS) is 19.6. The molecule has 0 saturated heterocycles. The molecule has 0 bridgehead atoms. The zero-order valence-electron chi connectivity index (χ0n) is 16.8. The Labute approximate surface area is 189 Å².